The van der Waals surface area contributed by atoms with Gasteiger partial charge in [0.1, 0.15) is 0 Å². The van der Waals surface area contributed by atoms with Crippen molar-refractivity contribution in [1.29, 1.82) is 0 Å². The molecule has 1 saturated heterocycles. The predicted octanol–water partition coefficient (Wildman–Crippen LogP) is 3.77. The molecule has 4 nitrogen and oxygen atoms in total. The first-order chi connectivity index (χ1) is 11.5. The smallest absolute Gasteiger partial charge is 0.227 e. The topological polar surface area (TPSA) is 49.4 Å². The summed E-state index contributed by atoms with van der Waals surface area (Å²) in [6, 6.07) is 14.8. The normalized spacial score (nSPS) is 17.2. The van der Waals surface area contributed by atoms with Crippen LogP contribution in [0.1, 0.15) is 12.0 Å². The number of hydrogen-bond donors (Lipinski definition) is 1. The summed E-state index contributed by atoms with van der Waals surface area (Å²) in [7, 11) is 0. The van der Waals surface area contributed by atoms with E-state index in [2.05, 4.69) is 21.2 Å². The average molecular weight is 408 g/mol. The lowest BCUT2D eigenvalue weighted by Gasteiger charge is -2.16. The molecule has 0 saturated carbocycles. The molecule has 0 spiro atoms. The van der Waals surface area contributed by atoms with Gasteiger partial charge in [-0.1, -0.05) is 39.7 Å². The van der Waals surface area contributed by atoms with Crippen molar-refractivity contribution in [2.24, 2.45) is 5.92 Å². The lowest BCUT2D eigenvalue weighted by atomic mass is 10.1. The van der Waals surface area contributed by atoms with E-state index >= 15 is 0 Å². The highest BCUT2D eigenvalue weighted by atomic mass is 79.9. The molecule has 124 valence electrons. The zero-order chi connectivity index (χ0) is 17.1. The van der Waals surface area contributed by atoms with E-state index < -0.39 is 0 Å². The fourth-order valence-corrected chi connectivity index (χ4v) is 3.08. The number of anilines is 1. The number of benzene rings is 2. The molecule has 24 heavy (non-hydrogen) atoms. The Balaban J connectivity index is 1.59. The molecule has 0 radical (unpaired) electrons. The number of carbonyl (C=O) groups is 2. The summed E-state index contributed by atoms with van der Waals surface area (Å²) in [5.41, 5.74) is 1.79. The minimum Gasteiger partial charge on any atom is -0.352 e. The molecule has 1 aliphatic rings. The van der Waals surface area contributed by atoms with Crippen LogP contribution < -0.4 is 10.2 Å². The first kappa shape index (κ1) is 17.0. The van der Waals surface area contributed by atoms with E-state index in [-0.39, 0.29) is 24.2 Å². The van der Waals surface area contributed by atoms with Crippen molar-refractivity contribution in [2.75, 3.05) is 11.4 Å². The van der Waals surface area contributed by atoms with E-state index in [9.17, 15) is 9.59 Å². The average Bonchev–Trinajstić information content (AvgIpc) is 2.97. The second kappa shape index (κ2) is 7.36. The monoisotopic (exact) mass is 406 g/mol. The maximum atomic E-state index is 12.3. The molecule has 0 aromatic heterocycles. The number of halogens is 2. The summed E-state index contributed by atoms with van der Waals surface area (Å²) in [5, 5.41) is 3.56. The fraction of sp³-hybridized carbons (Fsp3) is 0.222. The SMILES string of the molecule is O=C(NCc1ccc(Cl)cc1)[C@@H]1CC(=O)N(c2ccc(Br)cc2)C1. The molecule has 0 bridgehead atoms. The Morgan fingerprint density at radius 3 is 2.50 bits per heavy atom. The molecule has 1 heterocycles. The highest BCUT2D eigenvalue weighted by Crippen LogP contribution is 2.26. The molecule has 6 heteroatoms. The first-order valence-electron chi connectivity index (χ1n) is 7.61. The van der Waals surface area contributed by atoms with E-state index in [0.29, 0.717) is 18.1 Å². The molecule has 1 N–H and O–H groups in total. The van der Waals surface area contributed by atoms with Crippen LogP contribution in [0.25, 0.3) is 0 Å². The summed E-state index contributed by atoms with van der Waals surface area (Å²) in [5.74, 6) is -0.449. The maximum Gasteiger partial charge on any atom is 0.227 e. The van der Waals surface area contributed by atoms with Crippen LogP contribution in [0.2, 0.25) is 5.02 Å². The first-order valence-corrected chi connectivity index (χ1v) is 8.78. The minimum atomic E-state index is -0.326. The summed E-state index contributed by atoms with van der Waals surface area (Å²) in [4.78, 5) is 26.2. The third kappa shape index (κ3) is 3.97. The Hall–Kier alpha value is -1.85. The van der Waals surface area contributed by atoms with Gasteiger partial charge in [-0.05, 0) is 42.0 Å². The van der Waals surface area contributed by atoms with E-state index in [1.165, 1.54) is 0 Å². The summed E-state index contributed by atoms with van der Waals surface area (Å²) >= 11 is 9.22. The van der Waals surface area contributed by atoms with Gasteiger partial charge >= 0.3 is 0 Å². The molecular weight excluding hydrogens is 392 g/mol. The standard InChI is InChI=1S/C18H16BrClN2O2/c19-14-3-7-16(8-4-14)22-11-13(9-17(22)23)18(24)21-10-12-1-5-15(20)6-2-12/h1-8,13H,9-11H2,(H,21,24)/t13-/m1/s1. The van der Waals surface area contributed by atoms with E-state index in [1.54, 1.807) is 17.0 Å². The quantitative estimate of drug-likeness (QED) is 0.839. The van der Waals surface area contributed by atoms with Crippen molar-refractivity contribution in [2.45, 2.75) is 13.0 Å². The van der Waals surface area contributed by atoms with Gasteiger partial charge in [-0.3, -0.25) is 9.59 Å². The fourth-order valence-electron chi connectivity index (χ4n) is 2.69. The van der Waals surface area contributed by atoms with Gasteiger partial charge in [0, 0.05) is 34.7 Å². The van der Waals surface area contributed by atoms with Crippen LogP contribution in [0, 0.1) is 5.92 Å². The molecule has 1 fully saturated rings. The molecule has 2 amide bonds. The van der Waals surface area contributed by atoms with Crippen molar-refractivity contribution in [3.05, 3.63) is 63.6 Å². The van der Waals surface area contributed by atoms with Crippen LogP contribution in [0.4, 0.5) is 5.69 Å². The molecule has 0 unspecified atom stereocenters. The highest BCUT2D eigenvalue weighted by Gasteiger charge is 2.34. The second-order valence-electron chi connectivity index (χ2n) is 5.73. The molecular formula is C18H16BrClN2O2. The second-order valence-corrected chi connectivity index (χ2v) is 7.08. The Morgan fingerprint density at radius 1 is 1.17 bits per heavy atom. The Morgan fingerprint density at radius 2 is 1.83 bits per heavy atom. The van der Waals surface area contributed by atoms with Crippen LogP contribution in [0.15, 0.2) is 53.0 Å². The molecule has 2 aromatic rings. The Labute approximate surface area is 153 Å². The Kier molecular flexibility index (Phi) is 5.21. The van der Waals surface area contributed by atoms with Crippen LogP contribution in [0.3, 0.4) is 0 Å². The number of nitrogens with one attached hydrogen (secondary N) is 1. The molecule has 0 aliphatic carbocycles. The van der Waals surface area contributed by atoms with Crippen LogP contribution >= 0.6 is 27.5 Å². The maximum absolute atomic E-state index is 12.3. The van der Waals surface area contributed by atoms with Gasteiger partial charge in [0.05, 0.1) is 5.92 Å². The van der Waals surface area contributed by atoms with Crippen LogP contribution in [0.5, 0.6) is 0 Å². The van der Waals surface area contributed by atoms with Crippen molar-refractivity contribution < 1.29 is 9.59 Å². The molecule has 1 aliphatic heterocycles. The van der Waals surface area contributed by atoms with Crippen molar-refractivity contribution in [3.63, 3.8) is 0 Å². The molecule has 3 rings (SSSR count). The van der Waals surface area contributed by atoms with Crippen molar-refractivity contribution in [1.82, 2.24) is 5.32 Å². The highest BCUT2D eigenvalue weighted by molar-refractivity contribution is 9.10. The minimum absolute atomic E-state index is 0.0241. The predicted molar refractivity (Wildman–Crippen MR) is 97.9 cm³/mol. The largest absolute Gasteiger partial charge is 0.352 e. The molecule has 2 aromatic carbocycles. The number of carbonyl (C=O) groups excluding carboxylic acids is 2. The van der Waals surface area contributed by atoms with Crippen molar-refractivity contribution >= 4 is 45.0 Å². The van der Waals surface area contributed by atoms with Gasteiger partial charge < -0.3 is 10.2 Å². The summed E-state index contributed by atoms with van der Waals surface area (Å²) < 4.78 is 0.954. The lowest BCUT2D eigenvalue weighted by molar-refractivity contribution is -0.126. The Bertz CT molecular complexity index is 747. The number of nitrogens with zero attached hydrogens (tertiary/aromatic N) is 1. The van der Waals surface area contributed by atoms with Crippen molar-refractivity contribution in [3.8, 4) is 0 Å². The van der Waals surface area contributed by atoms with Gasteiger partial charge in [0.2, 0.25) is 11.8 Å². The lowest BCUT2D eigenvalue weighted by Crippen LogP contribution is -2.32. The van der Waals surface area contributed by atoms with Gasteiger partial charge in [-0.2, -0.15) is 0 Å². The number of amides is 2. The van der Waals surface area contributed by atoms with E-state index in [4.69, 9.17) is 11.6 Å². The number of rotatable bonds is 4. The van der Waals surface area contributed by atoms with Gasteiger partial charge in [0.15, 0.2) is 0 Å². The zero-order valence-electron chi connectivity index (χ0n) is 12.8. The summed E-state index contributed by atoms with van der Waals surface area (Å²) in [6.45, 7) is 0.839. The third-order valence-corrected chi connectivity index (χ3v) is 4.79. The van der Waals surface area contributed by atoms with E-state index in [1.807, 2.05) is 36.4 Å². The third-order valence-electron chi connectivity index (χ3n) is 4.01. The van der Waals surface area contributed by atoms with E-state index in [0.717, 1.165) is 15.7 Å². The summed E-state index contributed by atoms with van der Waals surface area (Å²) in [6.07, 6.45) is 0.239. The van der Waals surface area contributed by atoms with Crippen LogP contribution in [-0.2, 0) is 16.1 Å². The van der Waals surface area contributed by atoms with Crippen LogP contribution in [-0.4, -0.2) is 18.4 Å². The van der Waals surface area contributed by atoms with Gasteiger partial charge in [-0.25, -0.2) is 0 Å². The van der Waals surface area contributed by atoms with Gasteiger partial charge in [0.25, 0.3) is 0 Å². The number of hydrogen-bond acceptors (Lipinski definition) is 2. The van der Waals surface area contributed by atoms with Gasteiger partial charge in [-0.15, -0.1) is 0 Å². The molecule has 1 atom stereocenters. The zero-order valence-corrected chi connectivity index (χ0v) is 15.2.